The molecular weight excluding hydrogens is 690 g/mol. The second-order valence-electron chi connectivity index (χ2n) is 14.9. The van der Waals surface area contributed by atoms with Crippen molar-refractivity contribution in [2.75, 3.05) is 52.6 Å². The molecule has 0 aliphatic heterocycles. The molecular formula is C37H69N5O11. The number of alkyl carbamates (subject to hydrolysis) is 2. The number of carbonyl (C=O) groups excluding carboxylic acids is 5. The van der Waals surface area contributed by atoms with Crippen molar-refractivity contribution in [3.63, 3.8) is 0 Å². The largest absolute Gasteiger partial charge is 0.481 e. The van der Waals surface area contributed by atoms with Crippen LogP contribution in [0.4, 0.5) is 9.59 Å². The number of carbonyl (C=O) groups is 6. The fourth-order valence-electron chi connectivity index (χ4n) is 4.65. The van der Waals surface area contributed by atoms with E-state index in [4.69, 9.17) is 24.1 Å². The monoisotopic (exact) mass is 759 g/mol. The van der Waals surface area contributed by atoms with E-state index in [0.717, 1.165) is 44.9 Å². The van der Waals surface area contributed by atoms with Crippen molar-refractivity contribution in [2.24, 2.45) is 0 Å². The normalized spacial score (nSPS) is 11.5. The second kappa shape index (κ2) is 29.8. The van der Waals surface area contributed by atoms with E-state index in [1.165, 1.54) is 0 Å². The summed E-state index contributed by atoms with van der Waals surface area (Å²) in [5.74, 6) is -1.30. The Hall–Kier alpha value is -3.66. The average Bonchev–Trinajstić information content (AvgIpc) is 3.03. The van der Waals surface area contributed by atoms with E-state index in [1.807, 2.05) is 0 Å². The van der Waals surface area contributed by atoms with Gasteiger partial charge in [-0.1, -0.05) is 38.5 Å². The van der Waals surface area contributed by atoms with Gasteiger partial charge >= 0.3 is 18.2 Å². The molecule has 0 aliphatic rings. The Kier molecular flexibility index (Phi) is 27.7. The van der Waals surface area contributed by atoms with Gasteiger partial charge in [-0.05, 0) is 67.2 Å². The van der Waals surface area contributed by atoms with Crippen LogP contribution in [-0.4, -0.2) is 111 Å². The zero-order chi connectivity index (χ0) is 40.0. The molecule has 6 N–H and O–H groups in total. The van der Waals surface area contributed by atoms with Crippen LogP contribution in [0.5, 0.6) is 0 Å². The van der Waals surface area contributed by atoms with Gasteiger partial charge in [0, 0.05) is 51.9 Å². The highest BCUT2D eigenvalue weighted by molar-refractivity contribution is 5.77. The smallest absolute Gasteiger partial charge is 0.407 e. The topological polar surface area (TPSA) is 220 Å². The molecule has 0 atom stereocenters. The van der Waals surface area contributed by atoms with Crippen LogP contribution in [0, 0.1) is 0 Å². The Morgan fingerprint density at radius 1 is 0.491 bits per heavy atom. The van der Waals surface area contributed by atoms with Gasteiger partial charge in [0.05, 0.1) is 32.5 Å². The lowest BCUT2D eigenvalue weighted by Crippen LogP contribution is -2.42. The Balaban J connectivity index is 4.47. The number of rotatable bonds is 30. The van der Waals surface area contributed by atoms with Crippen LogP contribution >= 0.6 is 0 Å². The van der Waals surface area contributed by atoms with Crippen LogP contribution in [0.1, 0.15) is 131 Å². The number of amides is 5. The summed E-state index contributed by atoms with van der Waals surface area (Å²) in [6.07, 6.45) is 8.26. The molecule has 5 amide bonds. The molecule has 0 rings (SSSR count). The van der Waals surface area contributed by atoms with Crippen LogP contribution in [0.2, 0.25) is 0 Å². The van der Waals surface area contributed by atoms with Crippen LogP contribution in [0.15, 0.2) is 0 Å². The highest BCUT2D eigenvalue weighted by Gasteiger charge is 2.17. The number of ether oxygens (including phenoxy) is 4. The van der Waals surface area contributed by atoms with Gasteiger partial charge in [0.1, 0.15) is 11.2 Å². The van der Waals surface area contributed by atoms with Gasteiger partial charge in [-0.15, -0.1) is 0 Å². The first-order chi connectivity index (χ1) is 25.0. The SMILES string of the molecule is CC(C)(C)OC(=O)NCCCNC(=O)CCOCC(COCCC(=O)NCCCNC(=O)OC(C)(C)C)NC(=O)CCCCCCCCCCC(=O)O. The fraction of sp³-hybridized carbons (Fsp3) is 0.838. The summed E-state index contributed by atoms with van der Waals surface area (Å²) < 4.78 is 21.7. The predicted octanol–water partition coefficient (Wildman–Crippen LogP) is 4.33. The highest BCUT2D eigenvalue weighted by Crippen LogP contribution is 2.11. The first-order valence-corrected chi connectivity index (χ1v) is 19.1. The molecule has 0 unspecified atom stereocenters. The van der Waals surface area contributed by atoms with Crippen LogP contribution in [0.25, 0.3) is 0 Å². The minimum atomic E-state index is -0.757. The number of carboxylic acids is 1. The summed E-state index contributed by atoms with van der Waals surface area (Å²) in [7, 11) is 0. The van der Waals surface area contributed by atoms with Crippen LogP contribution < -0.4 is 26.6 Å². The second-order valence-corrected chi connectivity index (χ2v) is 14.9. The molecule has 308 valence electrons. The third-order valence-electron chi connectivity index (χ3n) is 7.18. The fourth-order valence-corrected chi connectivity index (χ4v) is 4.65. The maximum absolute atomic E-state index is 12.7. The van der Waals surface area contributed by atoms with Crippen molar-refractivity contribution < 1.29 is 52.8 Å². The van der Waals surface area contributed by atoms with Gasteiger partial charge in [0.2, 0.25) is 17.7 Å². The Morgan fingerprint density at radius 2 is 0.868 bits per heavy atom. The van der Waals surface area contributed by atoms with E-state index < -0.39 is 35.4 Å². The van der Waals surface area contributed by atoms with E-state index in [1.54, 1.807) is 41.5 Å². The van der Waals surface area contributed by atoms with E-state index in [0.29, 0.717) is 51.9 Å². The minimum Gasteiger partial charge on any atom is -0.481 e. The van der Waals surface area contributed by atoms with Crippen molar-refractivity contribution in [3.8, 4) is 0 Å². The highest BCUT2D eigenvalue weighted by atomic mass is 16.6. The van der Waals surface area contributed by atoms with Crippen molar-refractivity contribution in [1.29, 1.82) is 0 Å². The lowest BCUT2D eigenvalue weighted by Gasteiger charge is -2.20. The number of aliphatic carboxylic acids is 1. The maximum Gasteiger partial charge on any atom is 0.407 e. The van der Waals surface area contributed by atoms with Gasteiger partial charge in [0.15, 0.2) is 0 Å². The summed E-state index contributed by atoms with van der Waals surface area (Å²) in [4.78, 5) is 71.1. The first-order valence-electron chi connectivity index (χ1n) is 19.1. The molecule has 16 heteroatoms. The molecule has 0 saturated heterocycles. The van der Waals surface area contributed by atoms with Gasteiger partial charge in [-0.2, -0.15) is 0 Å². The lowest BCUT2D eigenvalue weighted by molar-refractivity contribution is -0.137. The van der Waals surface area contributed by atoms with E-state index in [2.05, 4.69) is 26.6 Å². The van der Waals surface area contributed by atoms with E-state index in [-0.39, 0.29) is 63.4 Å². The molecule has 0 spiro atoms. The summed E-state index contributed by atoms with van der Waals surface area (Å²) in [5.41, 5.74) is -1.16. The Morgan fingerprint density at radius 3 is 1.26 bits per heavy atom. The maximum atomic E-state index is 12.7. The van der Waals surface area contributed by atoms with E-state index in [9.17, 15) is 28.8 Å². The Bertz CT molecular complexity index is 1000. The molecule has 0 bridgehead atoms. The molecule has 0 fully saturated rings. The zero-order valence-electron chi connectivity index (χ0n) is 33.2. The van der Waals surface area contributed by atoms with E-state index >= 15 is 0 Å². The summed E-state index contributed by atoms with van der Waals surface area (Å²) in [6.45, 7) is 12.7. The van der Waals surface area contributed by atoms with Crippen molar-refractivity contribution in [3.05, 3.63) is 0 Å². The molecule has 0 aliphatic carbocycles. The number of nitrogens with one attached hydrogen (secondary N) is 5. The van der Waals surface area contributed by atoms with Gasteiger partial charge in [-0.25, -0.2) is 9.59 Å². The molecule has 0 aromatic heterocycles. The summed E-state index contributed by atoms with van der Waals surface area (Å²) in [6, 6.07) is -0.475. The summed E-state index contributed by atoms with van der Waals surface area (Å²) in [5, 5.41) is 22.5. The number of hydrogen-bond donors (Lipinski definition) is 6. The molecule has 0 saturated carbocycles. The van der Waals surface area contributed by atoms with Gasteiger partial charge in [-0.3, -0.25) is 19.2 Å². The number of carboxylic acid groups (broad SMARTS) is 1. The number of hydrogen-bond acceptors (Lipinski definition) is 10. The van der Waals surface area contributed by atoms with Crippen LogP contribution in [-0.2, 0) is 38.1 Å². The van der Waals surface area contributed by atoms with Gasteiger partial charge in [0.25, 0.3) is 0 Å². The molecule has 0 radical (unpaired) electrons. The van der Waals surface area contributed by atoms with Crippen molar-refractivity contribution in [2.45, 2.75) is 149 Å². The molecule has 53 heavy (non-hydrogen) atoms. The Labute approximate surface area is 316 Å². The minimum absolute atomic E-state index is 0.119. The molecule has 0 aromatic rings. The molecule has 16 nitrogen and oxygen atoms in total. The third-order valence-corrected chi connectivity index (χ3v) is 7.18. The molecule has 0 aromatic carbocycles. The lowest BCUT2D eigenvalue weighted by atomic mass is 10.1. The number of unbranched alkanes of at least 4 members (excludes halogenated alkanes) is 7. The van der Waals surface area contributed by atoms with Crippen molar-refractivity contribution in [1.82, 2.24) is 26.6 Å². The van der Waals surface area contributed by atoms with Gasteiger partial charge < -0.3 is 50.6 Å². The summed E-state index contributed by atoms with van der Waals surface area (Å²) >= 11 is 0. The average molecular weight is 760 g/mol. The standard InChI is InChI=1S/C37H69N5O11/c1-36(2,3)52-34(48)40-23-15-21-38-30(43)19-25-50-27-29(42-32(45)17-13-11-9-7-8-10-12-14-18-33(46)47)28-51-26-20-31(44)39-22-16-24-41-35(49)53-37(4,5)6/h29H,7-28H2,1-6H3,(H,38,43)(H,39,44)(H,40,48)(H,41,49)(H,42,45)(H,46,47). The van der Waals surface area contributed by atoms with Crippen molar-refractivity contribution >= 4 is 35.9 Å². The predicted molar refractivity (Wildman–Crippen MR) is 200 cm³/mol. The first kappa shape index (κ1) is 49.3. The quantitative estimate of drug-likeness (QED) is 0.0566. The third kappa shape index (κ3) is 36.5. The molecule has 0 heterocycles. The zero-order valence-corrected chi connectivity index (χ0v) is 33.2. The van der Waals surface area contributed by atoms with Crippen LogP contribution in [0.3, 0.4) is 0 Å².